The van der Waals surface area contributed by atoms with E-state index in [0.717, 1.165) is 5.56 Å². The molecule has 2 amide bonds. The molecule has 2 aromatic rings. The molecule has 7 nitrogen and oxygen atoms in total. The summed E-state index contributed by atoms with van der Waals surface area (Å²) < 4.78 is 4.84. The van der Waals surface area contributed by atoms with Crippen molar-refractivity contribution >= 4 is 23.4 Å². The van der Waals surface area contributed by atoms with Crippen molar-refractivity contribution in [2.24, 2.45) is 0 Å². The summed E-state index contributed by atoms with van der Waals surface area (Å²) in [5.41, 5.74) is 7.79. The number of carbonyl (C=O) groups excluding carboxylic acids is 2. The molecule has 21 heavy (non-hydrogen) atoms. The Balaban J connectivity index is 1.95. The van der Waals surface area contributed by atoms with Gasteiger partial charge in [0, 0.05) is 25.8 Å². The van der Waals surface area contributed by atoms with Crippen LogP contribution >= 0.6 is 0 Å². The molecule has 1 aromatic carbocycles. The summed E-state index contributed by atoms with van der Waals surface area (Å²) in [6, 6.07) is 7.21. The van der Waals surface area contributed by atoms with Gasteiger partial charge in [-0.1, -0.05) is 17.3 Å². The highest BCUT2D eigenvalue weighted by molar-refractivity contribution is 6.40. The molecular weight excluding hydrogens is 272 g/mol. The molecule has 0 unspecified atom stereocenters. The Kier molecular flexibility index (Phi) is 3.09. The minimum absolute atomic E-state index is 0.216. The minimum Gasteiger partial charge on any atom is -0.367 e. The molecule has 0 aliphatic carbocycles. The van der Waals surface area contributed by atoms with Crippen LogP contribution in [0.25, 0.3) is 11.1 Å². The standard InChI is InChI=1S/C14H14N4O3/c1-17-5-6-18(14(20)13(17)19)10-4-2-3-9(7-10)11-8-16-21-12(11)15/h2-4,7-8H,5-6,15H2,1H3. The second kappa shape index (κ2) is 4.93. The van der Waals surface area contributed by atoms with Crippen LogP contribution < -0.4 is 10.6 Å². The topological polar surface area (TPSA) is 92.7 Å². The Morgan fingerprint density at radius 2 is 2.05 bits per heavy atom. The molecule has 0 atom stereocenters. The van der Waals surface area contributed by atoms with Gasteiger partial charge in [0.1, 0.15) is 0 Å². The number of carbonyl (C=O) groups is 2. The average Bonchev–Trinajstić information content (AvgIpc) is 2.91. The molecule has 7 heteroatoms. The number of nitrogens with two attached hydrogens (primary N) is 1. The Bertz CT molecular complexity index is 710. The fourth-order valence-electron chi connectivity index (χ4n) is 2.28. The highest BCUT2D eigenvalue weighted by atomic mass is 16.5. The lowest BCUT2D eigenvalue weighted by atomic mass is 10.1. The van der Waals surface area contributed by atoms with Gasteiger partial charge in [-0.05, 0) is 17.7 Å². The zero-order valence-corrected chi connectivity index (χ0v) is 11.4. The van der Waals surface area contributed by atoms with Gasteiger partial charge in [0.05, 0.1) is 11.8 Å². The predicted octanol–water partition coefficient (Wildman–Crippen LogP) is 0.729. The first kappa shape index (κ1) is 13.2. The molecular formula is C14H14N4O3. The van der Waals surface area contributed by atoms with Gasteiger partial charge in [-0.15, -0.1) is 0 Å². The van der Waals surface area contributed by atoms with Crippen LogP contribution in [-0.4, -0.2) is 42.0 Å². The highest BCUT2D eigenvalue weighted by Crippen LogP contribution is 2.29. The zero-order chi connectivity index (χ0) is 15.0. The molecule has 0 bridgehead atoms. The van der Waals surface area contributed by atoms with E-state index in [1.54, 1.807) is 25.2 Å². The molecule has 1 fully saturated rings. The monoisotopic (exact) mass is 286 g/mol. The Morgan fingerprint density at radius 1 is 1.24 bits per heavy atom. The number of anilines is 2. The lowest BCUT2D eigenvalue weighted by Crippen LogP contribution is -2.53. The molecule has 1 aliphatic rings. The van der Waals surface area contributed by atoms with Crippen molar-refractivity contribution in [2.45, 2.75) is 0 Å². The van der Waals surface area contributed by atoms with E-state index in [-0.39, 0.29) is 5.88 Å². The lowest BCUT2D eigenvalue weighted by Gasteiger charge is -2.31. The first-order valence-electron chi connectivity index (χ1n) is 6.45. The predicted molar refractivity (Wildman–Crippen MR) is 76.3 cm³/mol. The summed E-state index contributed by atoms with van der Waals surface area (Å²) >= 11 is 0. The maximum atomic E-state index is 12.1. The first-order valence-corrected chi connectivity index (χ1v) is 6.45. The van der Waals surface area contributed by atoms with Crippen LogP contribution in [0.3, 0.4) is 0 Å². The van der Waals surface area contributed by atoms with Crippen molar-refractivity contribution in [3.8, 4) is 11.1 Å². The van der Waals surface area contributed by atoms with Gasteiger partial charge in [-0.3, -0.25) is 9.59 Å². The lowest BCUT2D eigenvalue weighted by molar-refractivity contribution is -0.145. The van der Waals surface area contributed by atoms with E-state index in [1.165, 1.54) is 16.0 Å². The van der Waals surface area contributed by atoms with Gasteiger partial charge in [0.2, 0.25) is 5.88 Å². The molecule has 1 aliphatic heterocycles. The van der Waals surface area contributed by atoms with E-state index in [2.05, 4.69) is 5.16 Å². The molecule has 108 valence electrons. The molecule has 1 saturated heterocycles. The summed E-state index contributed by atoms with van der Waals surface area (Å²) in [6.45, 7) is 0.966. The largest absolute Gasteiger partial charge is 0.367 e. The first-order chi connectivity index (χ1) is 10.1. The number of rotatable bonds is 2. The SMILES string of the molecule is CN1CCN(c2cccc(-c3cnoc3N)c2)C(=O)C1=O. The van der Waals surface area contributed by atoms with Crippen LogP contribution in [0, 0.1) is 0 Å². The molecule has 0 spiro atoms. The molecule has 1 aromatic heterocycles. The third-order valence-corrected chi connectivity index (χ3v) is 3.50. The second-order valence-electron chi connectivity index (χ2n) is 4.84. The fourth-order valence-corrected chi connectivity index (χ4v) is 2.28. The smallest absolute Gasteiger partial charge is 0.316 e. The number of likely N-dealkylation sites (N-methyl/N-ethyl adjacent to an activating group) is 1. The molecule has 2 N–H and O–H groups in total. The second-order valence-corrected chi connectivity index (χ2v) is 4.84. The average molecular weight is 286 g/mol. The molecule has 3 rings (SSSR count). The van der Waals surface area contributed by atoms with Gasteiger partial charge in [-0.25, -0.2) is 0 Å². The van der Waals surface area contributed by atoms with E-state index < -0.39 is 11.8 Å². The van der Waals surface area contributed by atoms with Crippen molar-refractivity contribution in [2.75, 3.05) is 30.8 Å². The maximum Gasteiger partial charge on any atom is 0.316 e. The van der Waals surface area contributed by atoms with Crippen molar-refractivity contribution in [1.29, 1.82) is 0 Å². The van der Waals surface area contributed by atoms with Crippen LogP contribution in [0.2, 0.25) is 0 Å². The van der Waals surface area contributed by atoms with E-state index in [1.807, 2.05) is 6.07 Å². The number of hydrogen-bond acceptors (Lipinski definition) is 5. The van der Waals surface area contributed by atoms with Crippen molar-refractivity contribution in [1.82, 2.24) is 10.1 Å². The van der Waals surface area contributed by atoms with Crippen molar-refractivity contribution < 1.29 is 14.1 Å². The fraction of sp³-hybridized carbons (Fsp3) is 0.214. The number of aromatic nitrogens is 1. The summed E-state index contributed by atoms with van der Waals surface area (Å²) in [4.78, 5) is 26.7. The number of nitrogens with zero attached hydrogens (tertiary/aromatic N) is 3. The number of amides is 2. The zero-order valence-electron chi connectivity index (χ0n) is 11.4. The maximum absolute atomic E-state index is 12.1. The number of piperazine rings is 1. The van der Waals surface area contributed by atoms with Crippen LogP contribution in [-0.2, 0) is 9.59 Å². The third-order valence-electron chi connectivity index (χ3n) is 3.50. The summed E-state index contributed by atoms with van der Waals surface area (Å²) in [7, 11) is 1.62. The van der Waals surface area contributed by atoms with E-state index >= 15 is 0 Å². The van der Waals surface area contributed by atoms with E-state index in [9.17, 15) is 9.59 Å². The third kappa shape index (κ3) is 2.22. The number of hydrogen-bond donors (Lipinski definition) is 1. The summed E-state index contributed by atoms with van der Waals surface area (Å²) in [5.74, 6) is -0.816. The summed E-state index contributed by atoms with van der Waals surface area (Å²) in [5, 5.41) is 3.64. The molecule has 0 radical (unpaired) electrons. The van der Waals surface area contributed by atoms with Gasteiger partial charge < -0.3 is 20.1 Å². The number of nitrogen functional groups attached to an aromatic ring is 1. The van der Waals surface area contributed by atoms with Gasteiger partial charge in [-0.2, -0.15) is 0 Å². The van der Waals surface area contributed by atoms with Crippen molar-refractivity contribution in [3.63, 3.8) is 0 Å². The Morgan fingerprint density at radius 3 is 2.76 bits per heavy atom. The van der Waals surface area contributed by atoms with Crippen LogP contribution in [0.4, 0.5) is 11.6 Å². The number of benzene rings is 1. The van der Waals surface area contributed by atoms with Crippen LogP contribution in [0.1, 0.15) is 0 Å². The van der Waals surface area contributed by atoms with Gasteiger partial charge in [0.25, 0.3) is 0 Å². The van der Waals surface area contributed by atoms with Crippen LogP contribution in [0.5, 0.6) is 0 Å². The van der Waals surface area contributed by atoms with Gasteiger partial charge in [0.15, 0.2) is 0 Å². The molecule has 2 heterocycles. The normalized spacial score (nSPS) is 15.7. The highest BCUT2D eigenvalue weighted by Gasteiger charge is 2.31. The minimum atomic E-state index is -0.529. The van der Waals surface area contributed by atoms with Gasteiger partial charge >= 0.3 is 11.8 Å². The van der Waals surface area contributed by atoms with E-state index in [4.69, 9.17) is 10.3 Å². The Labute approximate surface area is 120 Å². The van der Waals surface area contributed by atoms with Crippen molar-refractivity contribution in [3.05, 3.63) is 30.5 Å². The quantitative estimate of drug-likeness (QED) is 0.821. The van der Waals surface area contributed by atoms with Crippen LogP contribution in [0.15, 0.2) is 35.0 Å². The summed E-state index contributed by atoms with van der Waals surface area (Å²) in [6.07, 6.45) is 1.52. The Hall–Kier alpha value is -2.83. The van der Waals surface area contributed by atoms with E-state index in [0.29, 0.717) is 24.3 Å². The molecule has 0 saturated carbocycles.